The number of benzene rings is 2. The van der Waals surface area contributed by atoms with Crippen molar-refractivity contribution in [1.29, 1.82) is 0 Å². The average Bonchev–Trinajstić information content (AvgIpc) is 3.21. The lowest BCUT2D eigenvalue weighted by atomic mass is 10.1. The molecule has 4 N–H and O–H groups in total. The molecular formula is C19H14ClF3N6O. The van der Waals surface area contributed by atoms with Crippen molar-refractivity contribution in [2.24, 2.45) is 10.7 Å². The lowest BCUT2D eigenvalue weighted by molar-refractivity contribution is -0.0925. The van der Waals surface area contributed by atoms with Gasteiger partial charge in [0.2, 0.25) is 5.95 Å². The van der Waals surface area contributed by atoms with Crippen molar-refractivity contribution < 1.29 is 18.0 Å². The van der Waals surface area contributed by atoms with Crippen LogP contribution in [-0.4, -0.2) is 33.0 Å². The van der Waals surface area contributed by atoms with Crippen LogP contribution in [0.5, 0.6) is 0 Å². The first-order chi connectivity index (χ1) is 14.2. The van der Waals surface area contributed by atoms with Crippen LogP contribution < -0.4 is 11.1 Å². The van der Waals surface area contributed by atoms with E-state index < -0.39 is 17.8 Å². The van der Waals surface area contributed by atoms with Crippen LogP contribution in [0.15, 0.2) is 71.6 Å². The fourth-order valence-corrected chi connectivity index (χ4v) is 2.50. The number of carbonyl (C=O) groups excluding carboxylic acids is 1. The Morgan fingerprint density at radius 2 is 1.80 bits per heavy atom. The molecule has 3 aromatic rings. The third-order valence-corrected chi connectivity index (χ3v) is 4.12. The van der Waals surface area contributed by atoms with E-state index in [1.54, 1.807) is 24.3 Å². The molecule has 0 saturated carbocycles. The van der Waals surface area contributed by atoms with Crippen molar-refractivity contribution in [3.8, 4) is 0 Å². The van der Waals surface area contributed by atoms with Crippen molar-refractivity contribution in [2.75, 3.05) is 5.32 Å². The van der Waals surface area contributed by atoms with Gasteiger partial charge in [-0.2, -0.15) is 23.3 Å². The summed E-state index contributed by atoms with van der Waals surface area (Å²) >= 11 is 6.07. The number of rotatable bonds is 5. The number of carbonyl (C=O) groups is 1. The predicted octanol–water partition coefficient (Wildman–Crippen LogP) is 4.24. The minimum atomic E-state index is -4.72. The number of hydrogen-bond acceptors (Lipinski definition) is 5. The van der Waals surface area contributed by atoms with Gasteiger partial charge in [-0.25, -0.2) is 10.1 Å². The maximum atomic E-state index is 13.0. The summed E-state index contributed by atoms with van der Waals surface area (Å²) in [7, 11) is 0. The molecule has 0 spiro atoms. The van der Waals surface area contributed by atoms with Crippen LogP contribution in [0.4, 0.5) is 24.8 Å². The SMILES string of the molecule is NC(=CC(=Nc1ccccc1Cl)c1ccc(C(=O)Nc2ncn[nH]2)cc1)C(F)(F)F. The van der Waals surface area contributed by atoms with Crippen molar-refractivity contribution in [3.63, 3.8) is 0 Å². The molecule has 0 bridgehead atoms. The van der Waals surface area contributed by atoms with Gasteiger partial charge in [-0.1, -0.05) is 35.9 Å². The highest BCUT2D eigenvalue weighted by molar-refractivity contribution is 6.33. The number of alkyl halides is 3. The lowest BCUT2D eigenvalue weighted by Gasteiger charge is -2.09. The van der Waals surface area contributed by atoms with E-state index in [0.717, 1.165) is 0 Å². The van der Waals surface area contributed by atoms with Crippen molar-refractivity contribution in [2.45, 2.75) is 6.18 Å². The van der Waals surface area contributed by atoms with E-state index in [1.165, 1.54) is 30.6 Å². The highest BCUT2D eigenvalue weighted by Crippen LogP contribution is 2.27. The summed E-state index contributed by atoms with van der Waals surface area (Å²) in [6, 6.07) is 12.2. The summed E-state index contributed by atoms with van der Waals surface area (Å²) in [6.45, 7) is 0. The highest BCUT2D eigenvalue weighted by Gasteiger charge is 2.31. The van der Waals surface area contributed by atoms with E-state index >= 15 is 0 Å². The third kappa shape index (κ3) is 5.23. The Morgan fingerprint density at radius 3 is 2.40 bits per heavy atom. The Bertz CT molecular complexity index is 1090. The van der Waals surface area contributed by atoms with Crippen molar-refractivity contribution in [3.05, 3.63) is 82.8 Å². The number of nitrogens with one attached hydrogen (secondary N) is 2. The molecule has 0 unspecified atom stereocenters. The molecule has 154 valence electrons. The quantitative estimate of drug-likeness (QED) is 0.522. The van der Waals surface area contributed by atoms with E-state index in [-0.39, 0.29) is 27.9 Å². The highest BCUT2D eigenvalue weighted by atomic mass is 35.5. The second-order valence-electron chi connectivity index (χ2n) is 5.91. The molecule has 0 atom stereocenters. The number of amides is 1. The number of H-pyrrole nitrogens is 1. The zero-order valence-electron chi connectivity index (χ0n) is 15.1. The largest absolute Gasteiger partial charge is 0.430 e. The summed E-state index contributed by atoms with van der Waals surface area (Å²) in [5, 5.41) is 8.85. The first-order valence-corrected chi connectivity index (χ1v) is 8.76. The van der Waals surface area contributed by atoms with Crippen LogP contribution in [-0.2, 0) is 0 Å². The second-order valence-corrected chi connectivity index (χ2v) is 6.32. The van der Waals surface area contributed by atoms with Gasteiger partial charge < -0.3 is 5.73 Å². The lowest BCUT2D eigenvalue weighted by Crippen LogP contribution is -2.21. The maximum Gasteiger partial charge on any atom is 0.430 e. The molecule has 0 aliphatic rings. The van der Waals surface area contributed by atoms with Crippen molar-refractivity contribution >= 4 is 34.9 Å². The van der Waals surface area contributed by atoms with Gasteiger partial charge in [-0.15, -0.1) is 0 Å². The molecular weight excluding hydrogens is 421 g/mol. The monoisotopic (exact) mass is 434 g/mol. The summed E-state index contributed by atoms with van der Waals surface area (Å²) in [5.74, 6) is -0.320. The Morgan fingerprint density at radius 1 is 1.13 bits per heavy atom. The molecule has 1 aromatic heterocycles. The van der Waals surface area contributed by atoms with Crippen LogP contribution in [0.25, 0.3) is 0 Å². The smallest absolute Gasteiger partial charge is 0.395 e. The minimum Gasteiger partial charge on any atom is -0.395 e. The molecule has 1 heterocycles. The van der Waals surface area contributed by atoms with Crippen LogP contribution in [0.1, 0.15) is 15.9 Å². The fraction of sp³-hybridized carbons (Fsp3) is 0.0526. The number of nitrogens with zero attached hydrogens (tertiary/aromatic N) is 3. The zero-order chi connectivity index (χ0) is 21.7. The molecule has 0 fully saturated rings. The molecule has 2 aromatic carbocycles. The van der Waals surface area contributed by atoms with Gasteiger partial charge in [0.05, 0.1) is 16.4 Å². The Hall–Kier alpha value is -3.66. The average molecular weight is 435 g/mol. The molecule has 0 aliphatic carbocycles. The Kier molecular flexibility index (Phi) is 6.17. The van der Waals surface area contributed by atoms with Gasteiger partial charge in [0.15, 0.2) is 0 Å². The van der Waals surface area contributed by atoms with Gasteiger partial charge in [0.25, 0.3) is 5.91 Å². The number of nitrogens with two attached hydrogens (primary N) is 1. The van der Waals surface area contributed by atoms with Crippen LogP contribution in [0, 0.1) is 0 Å². The van der Waals surface area contributed by atoms with Gasteiger partial charge in [0.1, 0.15) is 12.0 Å². The number of aromatic nitrogens is 3. The van der Waals surface area contributed by atoms with E-state index in [4.69, 9.17) is 17.3 Å². The van der Waals surface area contributed by atoms with E-state index in [0.29, 0.717) is 11.6 Å². The molecule has 7 nitrogen and oxygen atoms in total. The van der Waals surface area contributed by atoms with Crippen molar-refractivity contribution in [1.82, 2.24) is 15.2 Å². The first kappa shape index (κ1) is 21.1. The number of aliphatic imine (C=N–C) groups is 1. The van der Waals surface area contributed by atoms with Gasteiger partial charge >= 0.3 is 6.18 Å². The van der Waals surface area contributed by atoms with E-state index in [1.807, 2.05) is 0 Å². The van der Waals surface area contributed by atoms with E-state index in [2.05, 4.69) is 25.5 Å². The Labute approximate surface area is 173 Å². The number of anilines is 1. The van der Waals surface area contributed by atoms with Crippen LogP contribution in [0.2, 0.25) is 5.02 Å². The number of halogens is 4. The Balaban J connectivity index is 1.95. The molecule has 0 radical (unpaired) electrons. The minimum absolute atomic E-state index is 0.0693. The maximum absolute atomic E-state index is 13.0. The van der Waals surface area contributed by atoms with Gasteiger partial charge in [0, 0.05) is 11.1 Å². The topological polar surface area (TPSA) is 109 Å². The summed E-state index contributed by atoms with van der Waals surface area (Å²) in [4.78, 5) is 20.2. The molecule has 3 rings (SSSR count). The number of hydrogen-bond donors (Lipinski definition) is 3. The van der Waals surface area contributed by atoms with Gasteiger partial charge in [-0.3, -0.25) is 10.1 Å². The summed E-state index contributed by atoms with van der Waals surface area (Å²) in [5.41, 5.74) is 4.61. The second kappa shape index (κ2) is 8.78. The zero-order valence-corrected chi connectivity index (χ0v) is 15.9. The predicted molar refractivity (Wildman–Crippen MR) is 107 cm³/mol. The van der Waals surface area contributed by atoms with Crippen LogP contribution >= 0.6 is 11.6 Å². The van der Waals surface area contributed by atoms with Gasteiger partial charge in [-0.05, 0) is 30.3 Å². The third-order valence-electron chi connectivity index (χ3n) is 3.80. The molecule has 30 heavy (non-hydrogen) atoms. The summed E-state index contributed by atoms with van der Waals surface area (Å²) < 4.78 is 38.9. The molecule has 1 amide bonds. The molecule has 0 aliphatic heterocycles. The first-order valence-electron chi connectivity index (χ1n) is 8.39. The summed E-state index contributed by atoms with van der Waals surface area (Å²) in [6.07, 6.45) is -2.78. The fourth-order valence-electron chi connectivity index (χ4n) is 2.32. The number of para-hydroxylation sites is 1. The standard InChI is InChI=1S/C19H14ClF3N6O/c20-13-3-1-2-4-14(13)27-15(9-16(24)19(21,22)23)11-5-7-12(8-6-11)17(30)28-18-25-10-26-29-18/h1-10H,24H2,(H2,25,26,28,29,30). The normalized spacial score (nSPS) is 12.7. The molecule has 11 heteroatoms. The molecule has 0 saturated heterocycles. The number of allylic oxidation sites excluding steroid dienone is 2. The van der Waals surface area contributed by atoms with Crippen LogP contribution in [0.3, 0.4) is 0 Å². The van der Waals surface area contributed by atoms with E-state index in [9.17, 15) is 18.0 Å². The number of aromatic amines is 1.